The fraction of sp³-hybridized carbons (Fsp3) is 0.667. The van der Waals surface area contributed by atoms with Crippen LogP contribution in [0, 0.1) is 18.8 Å². The first-order valence-electron chi connectivity index (χ1n) is 7.00. The Kier molecular flexibility index (Phi) is 4.72. The second-order valence-corrected chi connectivity index (χ2v) is 5.65. The maximum Gasteiger partial charge on any atom is 0.0547 e. The molecule has 0 spiro atoms. The molecular formula is C15H25N3. The van der Waals surface area contributed by atoms with E-state index in [9.17, 15) is 0 Å². The SMILES string of the molecule is Cc1cccc(CN(C)CC2CCCC2CN)n1. The lowest BCUT2D eigenvalue weighted by atomic mass is 9.96. The molecule has 3 heteroatoms. The molecule has 1 fully saturated rings. The fourth-order valence-electron chi connectivity index (χ4n) is 3.09. The zero-order valence-electron chi connectivity index (χ0n) is 11.6. The van der Waals surface area contributed by atoms with Gasteiger partial charge in [0.1, 0.15) is 0 Å². The maximum atomic E-state index is 5.84. The summed E-state index contributed by atoms with van der Waals surface area (Å²) in [5, 5.41) is 0. The molecule has 1 saturated carbocycles. The van der Waals surface area contributed by atoms with Crippen molar-refractivity contribution in [2.75, 3.05) is 20.1 Å². The molecule has 2 rings (SSSR count). The van der Waals surface area contributed by atoms with Gasteiger partial charge in [-0.15, -0.1) is 0 Å². The normalized spacial score (nSPS) is 23.8. The Morgan fingerprint density at radius 2 is 2.11 bits per heavy atom. The molecule has 100 valence electrons. The van der Waals surface area contributed by atoms with Crippen LogP contribution < -0.4 is 5.73 Å². The van der Waals surface area contributed by atoms with Crippen LogP contribution in [0.3, 0.4) is 0 Å². The molecule has 3 nitrogen and oxygen atoms in total. The van der Waals surface area contributed by atoms with Gasteiger partial charge in [0.15, 0.2) is 0 Å². The van der Waals surface area contributed by atoms with Crippen molar-refractivity contribution in [1.29, 1.82) is 0 Å². The number of hydrogen-bond acceptors (Lipinski definition) is 3. The number of rotatable bonds is 5. The highest BCUT2D eigenvalue weighted by atomic mass is 15.1. The Labute approximate surface area is 110 Å². The lowest BCUT2D eigenvalue weighted by Crippen LogP contribution is -2.30. The third-order valence-electron chi connectivity index (χ3n) is 4.04. The van der Waals surface area contributed by atoms with Crippen molar-refractivity contribution in [2.45, 2.75) is 32.7 Å². The third kappa shape index (κ3) is 3.53. The summed E-state index contributed by atoms with van der Waals surface area (Å²) in [7, 11) is 2.19. The molecule has 0 saturated heterocycles. The molecule has 1 aromatic heterocycles. The van der Waals surface area contributed by atoms with Gasteiger partial charge in [0.2, 0.25) is 0 Å². The van der Waals surface area contributed by atoms with Crippen molar-refractivity contribution in [3.63, 3.8) is 0 Å². The average Bonchev–Trinajstić information content (AvgIpc) is 2.76. The first-order valence-corrected chi connectivity index (χ1v) is 7.00. The van der Waals surface area contributed by atoms with Crippen molar-refractivity contribution >= 4 is 0 Å². The number of aryl methyl sites for hydroxylation is 1. The fourth-order valence-corrected chi connectivity index (χ4v) is 3.09. The zero-order valence-corrected chi connectivity index (χ0v) is 11.6. The maximum absolute atomic E-state index is 5.84. The lowest BCUT2D eigenvalue weighted by molar-refractivity contribution is 0.235. The highest BCUT2D eigenvalue weighted by molar-refractivity contribution is 5.09. The molecule has 2 unspecified atom stereocenters. The van der Waals surface area contributed by atoms with Crippen LogP contribution in [0.4, 0.5) is 0 Å². The van der Waals surface area contributed by atoms with E-state index in [4.69, 9.17) is 5.73 Å². The van der Waals surface area contributed by atoms with Gasteiger partial charge in [-0.1, -0.05) is 12.5 Å². The molecule has 1 aliphatic carbocycles. The highest BCUT2D eigenvalue weighted by Crippen LogP contribution is 2.31. The second-order valence-electron chi connectivity index (χ2n) is 5.65. The van der Waals surface area contributed by atoms with Gasteiger partial charge in [0.25, 0.3) is 0 Å². The predicted octanol–water partition coefficient (Wildman–Crippen LogP) is 2.20. The van der Waals surface area contributed by atoms with Crippen molar-refractivity contribution in [1.82, 2.24) is 9.88 Å². The molecule has 0 amide bonds. The first kappa shape index (κ1) is 13.5. The van der Waals surface area contributed by atoms with Gasteiger partial charge in [-0.25, -0.2) is 0 Å². The minimum Gasteiger partial charge on any atom is -0.330 e. The van der Waals surface area contributed by atoms with Crippen LogP contribution in [-0.2, 0) is 6.54 Å². The molecule has 1 heterocycles. The van der Waals surface area contributed by atoms with Crippen LogP contribution >= 0.6 is 0 Å². The van der Waals surface area contributed by atoms with Crippen LogP contribution in [0.1, 0.15) is 30.7 Å². The largest absolute Gasteiger partial charge is 0.330 e. The zero-order chi connectivity index (χ0) is 13.0. The quantitative estimate of drug-likeness (QED) is 0.867. The summed E-state index contributed by atoms with van der Waals surface area (Å²) in [6.07, 6.45) is 4.01. The highest BCUT2D eigenvalue weighted by Gasteiger charge is 2.26. The topological polar surface area (TPSA) is 42.1 Å². The first-order chi connectivity index (χ1) is 8.69. The van der Waals surface area contributed by atoms with E-state index in [0.717, 1.165) is 37.2 Å². The van der Waals surface area contributed by atoms with Gasteiger partial charge in [0, 0.05) is 18.8 Å². The molecule has 18 heavy (non-hydrogen) atoms. The molecule has 0 bridgehead atoms. The summed E-state index contributed by atoms with van der Waals surface area (Å²) >= 11 is 0. The summed E-state index contributed by atoms with van der Waals surface area (Å²) in [4.78, 5) is 6.95. The van der Waals surface area contributed by atoms with E-state index in [0.29, 0.717) is 0 Å². The lowest BCUT2D eigenvalue weighted by Gasteiger charge is -2.24. The van der Waals surface area contributed by atoms with E-state index in [1.165, 1.54) is 25.0 Å². The summed E-state index contributed by atoms with van der Waals surface area (Å²) in [5.74, 6) is 1.52. The van der Waals surface area contributed by atoms with Crippen LogP contribution in [0.2, 0.25) is 0 Å². The van der Waals surface area contributed by atoms with E-state index in [2.05, 4.69) is 29.1 Å². The number of hydrogen-bond donors (Lipinski definition) is 1. The Morgan fingerprint density at radius 3 is 2.83 bits per heavy atom. The van der Waals surface area contributed by atoms with Gasteiger partial charge in [-0.2, -0.15) is 0 Å². The Hall–Kier alpha value is -0.930. The Morgan fingerprint density at radius 1 is 1.33 bits per heavy atom. The van der Waals surface area contributed by atoms with Gasteiger partial charge in [-0.3, -0.25) is 4.98 Å². The summed E-state index contributed by atoms with van der Waals surface area (Å²) in [6, 6.07) is 6.24. The van der Waals surface area contributed by atoms with E-state index < -0.39 is 0 Å². The van der Waals surface area contributed by atoms with Crippen molar-refractivity contribution in [3.05, 3.63) is 29.6 Å². The molecular weight excluding hydrogens is 222 g/mol. The number of nitrogens with zero attached hydrogens (tertiary/aromatic N) is 2. The molecule has 0 aliphatic heterocycles. The summed E-state index contributed by atoms with van der Waals surface area (Å²) in [6.45, 7) is 4.99. The molecule has 0 radical (unpaired) electrons. The molecule has 2 atom stereocenters. The van der Waals surface area contributed by atoms with Crippen LogP contribution in [0.15, 0.2) is 18.2 Å². The Bertz CT molecular complexity index is 378. The van der Waals surface area contributed by atoms with Crippen LogP contribution in [0.25, 0.3) is 0 Å². The standard InChI is InChI=1S/C15H25N3/c1-12-5-3-8-15(17-12)11-18(2)10-14-7-4-6-13(14)9-16/h3,5,8,13-14H,4,6-7,9-11,16H2,1-2H3. The van der Waals surface area contributed by atoms with Crippen LogP contribution in [0.5, 0.6) is 0 Å². The van der Waals surface area contributed by atoms with E-state index in [-0.39, 0.29) is 0 Å². The summed E-state index contributed by atoms with van der Waals surface area (Å²) < 4.78 is 0. The van der Waals surface area contributed by atoms with Crippen molar-refractivity contribution < 1.29 is 0 Å². The van der Waals surface area contributed by atoms with Gasteiger partial charge >= 0.3 is 0 Å². The van der Waals surface area contributed by atoms with Gasteiger partial charge in [0.05, 0.1) is 5.69 Å². The van der Waals surface area contributed by atoms with Crippen molar-refractivity contribution in [3.8, 4) is 0 Å². The van der Waals surface area contributed by atoms with Gasteiger partial charge in [-0.05, 0) is 57.3 Å². The van der Waals surface area contributed by atoms with Crippen LogP contribution in [-0.4, -0.2) is 30.0 Å². The molecule has 1 aromatic rings. The predicted molar refractivity (Wildman–Crippen MR) is 75.2 cm³/mol. The smallest absolute Gasteiger partial charge is 0.0547 e. The monoisotopic (exact) mass is 247 g/mol. The van der Waals surface area contributed by atoms with E-state index >= 15 is 0 Å². The third-order valence-corrected chi connectivity index (χ3v) is 4.04. The molecule has 2 N–H and O–H groups in total. The summed E-state index contributed by atoms with van der Waals surface area (Å²) in [5.41, 5.74) is 8.11. The molecule has 0 aromatic carbocycles. The van der Waals surface area contributed by atoms with Crippen molar-refractivity contribution in [2.24, 2.45) is 17.6 Å². The molecule has 1 aliphatic rings. The number of pyridine rings is 1. The number of aromatic nitrogens is 1. The Balaban J connectivity index is 1.86. The van der Waals surface area contributed by atoms with E-state index in [1.54, 1.807) is 0 Å². The minimum atomic E-state index is 0.734. The number of nitrogens with two attached hydrogens (primary N) is 1. The average molecular weight is 247 g/mol. The van der Waals surface area contributed by atoms with Gasteiger partial charge < -0.3 is 10.6 Å². The van der Waals surface area contributed by atoms with E-state index in [1.807, 2.05) is 13.0 Å². The minimum absolute atomic E-state index is 0.734. The second kappa shape index (κ2) is 6.30.